The lowest BCUT2D eigenvalue weighted by Gasteiger charge is -2.05. The highest BCUT2D eigenvalue weighted by molar-refractivity contribution is 7.93. The number of nitrogens with two attached hydrogens (primary N) is 1. The number of benzene rings is 1. The molecule has 3 aromatic rings. The van der Waals surface area contributed by atoms with E-state index in [-0.39, 0.29) is 15.6 Å². The molecule has 120 valence electrons. The Hall–Kier alpha value is -2.10. The zero-order valence-corrected chi connectivity index (χ0v) is 13.7. The van der Waals surface area contributed by atoms with Gasteiger partial charge in [0.2, 0.25) is 9.84 Å². The van der Waals surface area contributed by atoms with Gasteiger partial charge >= 0.3 is 0 Å². The molecule has 2 heterocycles. The van der Waals surface area contributed by atoms with Crippen molar-refractivity contribution in [2.75, 3.05) is 0 Å². The minimum atomic E-state index is -3.84. The normalized spacial score (nSPS) is 11.8. The van der Waals surface area contributed by atoms with Crippen molar-refractivity contribution in [3.05, 3.63) is 47.6 Å². The van der Waals surface area contributed by atoms with Crippen LogP contribution >= 0.6 is 11.3 Å². The van der Waals surface area contributed by atoms with Crippen molar-refractivity contribution in [1.29, 1.82) is 0 Å². The molecule has 9 heteroatoms. The molecule has 0 radical (unpaired) electrons. The summed E-state index contributed by atoms with van der Waals surface area (Å²) >= 11 is 0.983. The van der Waals surface area contributed by atoms with Gasteiger partial charge in [0.1, 0.15) is 15.0 Å². The van der Waals surface area contributed by atoms with Gasteiger partial charge in [-0.3, -0.25) is 4.68 Å². The van der Waals surface area contributed by atoms with E-state index in [0.29, 0.717) is 16.1 Å². The lowest BCUT2D eigenvalue weighted by Crippen LogP contribution is -2.01. The minimum absolute atomic E-state index is 0.0423. The second-order valence-electron chi connectivity index (χ2n) is 4.86. The van der Waals surface area contributed by atoms with Crippen LogP contribution in [0.25, 0.3) is 11.1 Å². The maximum absolute atomic E-state index is 13.9. The molecule has 0 unspecified atom stereocenters. The van der Waals surface area contributed by atoms with Gasteiger partial charge in [-0.2, -0.15) is 5.10 Å². The van der Waals surface area contributed by atoms with Crippen molar-refractivity contribution in [1.82, 2.24) is 14.8 Å². The van der Waals surface area contributed by atoms with Crippen molar-refractivity contribution >= 4 is 21.2 Å². The first-order chi connectivity index (χ1) is 10.9. The Morgan fingerprint density at radius 3 is 2.65 bits per heavy atom. The van der Waals surface area contributed by atoms with E-state index in [1.807, 2.05) is 0 Å². The van der Waals surface area contributed by atoms with Crippen molar-refractivity contribution in [2.45, 2.75) is 15.6 Å². The van der Waals surface area contributed by atoms with Gasteiger partial charge in [-0.05, 0) is 23.8 Å². The van der Waals surface area contributed by atoms with E-state index >= 15 is 0 Å². The van der Waals surface area contributed by atoms with Crippen molar-refractivity contribution in [2.24, 2.45) is 12.8 Å². The molecule has 0 aliphatic rings. The highest BCUT2D eigenvalue weighted by atomic mass is 32.2. The fourth-order valence-corrected chi connectivity index (χ4v) is 4.60. The summed E-state index contributed by atoms with van der Waals surface area (Å²) < 4.78 is 40.8. The van der Waals surface area contributed by atoms with Crippen LogP contribution in [0.15, 0.2) is 45.9 Å². The summed E-state index contributed by atoms with van der Waals surface area (Å²) in [7, 11) is -2.11. The molecule has 0 spiro atoms. The number of hydrogen-bond acceptors (Lipinski definition) is 6. The number of halogens is 1. The number of thiazole rings is 1. The fourth-order valence-electron chi connectivity index (χ4n) is 2.08. The van der Waals surface area contributed by atoms with E-state index in [1.54, 1.807) is 24.1 Å². The second kappa shape index (κ2) is 5.84. The lowest BCUT2D eigenvalue weighted by molar-refractivity contribution is 0.592. The number of sulfone groups is 1. The average Bonchev–Trinajstić information content (AvgIpc) is 3.15. The van der Waals surface area contributed by atoms with Gasteiger partial charge in [0.05, 0.1) is 17.3 Å². The summed E-state index contributed by atoms with van der Waals surface area (Å²) in [6.45, 7) is 0.157. The number of aryl methyl sites for hydroxylation is 1. The predicted octanol–water partition coefficient (Wildman–Crippen LogP) is 1.97. The first-order valence-electron chi connectivity index (χ1n) is 6.59. The third-order valence-corrected chi connectivity index (χ3v) is 6.41. The average molecular weight is 352 g/mol. The van der Waals surface area contributed by atoms with Crippen LogP contribution in [-0.2, 0) is 23.4 Å². The maximum atomic E-state index is 13.9. The molecule has 0 saturated carbocycles. The van der Waals surface area contributed by atoms with E-state index < -0.39 is 15.7 Å². The number of hydrogen-bond donors (Lipinski definition) is 1. The zero-order chi connectivity index (χ0) is 16.6. The largest absolute Gasteiger partial charge is 0.325 e. The topological polar surface area (TPSA) is 90.9 Å². The number of nitrogens with zero attached hydrogens (tertiary/aromatic N) is 3. The molecule has 0 fully saturated rings. The van der Waals surface area contributed by atoms with Crippen LogP contribution in [-0.4, -0.2) is 23.2 Å². The molecular weight excluding hydrogens is 339 g/mol. The van der Waals surface area contributed by atoms with E-state index in [0.717, 1.165) is 17.4 Å². The molecule has 0 saturated heterocycles. The number of rotatable bonds is 4. The third kappa shape index (κ3) is 3.03. The van der Waals surface area contributed by atoms with Gasteiger partial charge < -0.3 is 5.73 Å². The van der Waals surface area contributed by atoms with Crippen LogP contribution in [0, 0.1) is 5.82 Å². The first kappa shape index (κ1) is 15.8. The van der Waals surface area contributed by atoms with Gasteiger partial charge in [-0.25, -0.2) is 17.8 Å². The molecule has 1 aromatic carbocycles. The summed E-state index contributed by atoms with van der Waals surface area (Å²) in [6.07, 6.45) is 4.48. The second-order valence-corrected chi connectivity index (χ2v) is 8.15. The fraction of sp³-hybridized carbons (Fsp3) is 0.143. The molecule has 0 atom stereocenters. The SMILES string of the molecule is Cn1cc(-c2cc(F)cc(S(=O)(=O)c3cnc(CN)s3)c2)cn1. The Labute approximate surface area is 136 Å². The van der Waals surface area contributed by atoms with Gasteiger partial charge in [-0.15, -0.1) is 11.3 Å². The Balaban J connectivity index is 2.10. The summed E-state index contributed by atoms with van der Waals surface area (Å²) in [5.41, 5.74) is 6.53. The summed E-state index contributed by atoms with van der Waals surface area (Å²) in [5, 5.41) is 4.52. The Morgan fingerprint density at radius 2 is 2.04 bits per heavy atom. The van der Waals surface area contributed by atoms with E-state index in [2.05, 4.69) is 10.1 Å². The predicted molar refractivity (Wildman–Crippen MR) is 84.1 cm³/mol. The van der Waals surface area contributed by atoms with Gasteiger partial charge in [0.25, 0.3) is 0 Å². The Kier molecular flexibility index (Phi) is 4.00. The zero-order valence-electron chi connectivity index (χ0n) is 12.1. The Bertz CT molecular complexity index is 963. The van der Waals surface area contributed by atoms with Crippen LogP contribution in [0.4, 0.5) is 4.39 Å². The molecule has 0 aliphatic carbocycles. The van der Waals surface area contributed by atoms with Gasteiger partial charge in [0.15, 0.2) is 0 Å². The smallest absolute Gasteiger partial charge is 0.217 e. The molecule has 6 nitrogen and oxygen atoms in total. The number of aromatic nitrogens is 3. The molecule has 23 heavy (non-hydrogen) atoms. The van der Waals surface area contributed by atoms with Gasteiger partial charge in [0, 0.05) is 25.4 Å². The lowest BCUT2D eigenvalue weighted by atomic mass is 10.1. The van der Waals surface area contributed by atoms with Gasteiger partial charge in [-0.1, -0.05) is 0 Å². The van der Waals surface area contributed by atoms with E-state index in [1.165, 1.54) is 18.3 Å². The summed E-state index contributed by atoms with van der Waals surface area (Å²) in [6, 6.07) is 3.70. The standard InChI is InChI=1S/C14H13FN4O2S2/c1-19-8-10(6-18-19)9-2-11(15)4-12(3-9)23(20,21)14-7-17-13(5-16)22-14/h2-4,6-8H,5,16H2,1H3. The highest BCUT2D eigenvalue weighted by Crippen LogP contribution is 2.30. The molecule has 0 bridgehead atoms. The first-order valence-corrected chi connectivity index (χ1v) is 8.89. The van der Waals surface area contributed by atoms with Crippen LogP contribution in [0.3, 0.4) is 0 Å². The molecule has 2 aromatic heterocycles. The molecule has 0 amide bonds. The highest BCUT2D eigenvalue weighted by Gasteiger charge is 2.22. The van der Waals surface area contributed by atoms with Crippen LogP contribution in [0.2, 0.25) is 0 Å². The molecular formula is C14H13FN4O2S2. The molecule has 2 N–H and O–H groups in total. The Morgan fingerprint density at radius 1 is 1.26 bits per heavy atom. The van der Waals surface area contributed by atoms with E-state index in [9.17, 15) is 12.8 Å². The summed E-state index contributed by atoms with van der Waals surface area (Å²) in [5.74, 6) is -0.631. The third-order valence-electron chi connectivity index (χ3n) is 3.19. The molecule has 0 aliphatic heterocycles. The van der Waals surface area contributed by atoms with Crippen molar-refractivity contribution in [3.63, 3.8) is 0 Å². The molecule has 3 rings (SSSR count). The summed E-state index contributed by atoms with van der Waals surface area (Å²) in [4.78, 5) is 3.82. The minimum Gasteiger partial charge on any atom is -0.325 e. The van der Waals surface area contributed by atoms with Crippen LogP contribution in [0.5, 0.6) is 0 Å². The van der Waals surface area contributed by atoms with E-state index in [4.69, 9.17) is 5.73 Å². The monoisotopic (exact) mass is 352 g/mol. The van der Waals surface area contributed by atoms with Crippen LogP contribution in [0.1, 0.15) is 5.01 Å². The quantitative estimate of drug-likeness (QED) is 0.775. The van der Waals surface area contributed by atoms with Crippen molar-refractivity contribution < 1.29 is 12.8 Å². The van der Waals surface area contributed by atoms with Crippen molar-refractivity contribution in [3.8, 4) is 11.1 Å². The van der Waals surface area contributed by atoms with Crippen LogP contribution < -0.4 is 5.73 Å². The maximum Gasteiger partial charge on any atom is 0.217 e.